The van der Waals surface area contributed by atoms with Gasteiger partial charge in [0.2, 0.25) is 0 Å². The van der Waals surface area contributed by atoms with Crippen LogP contribution in [0.3, 0.4) is 0 Å². The Balaban J connectivity index is 1.90. The molecule has 0 atom stereocenters. The summed E-state index contributed by atoms with van der Waals surface area (Å²) in [6, 6.07) is 0. The third-order valence-corrected chi connectivity index (χ3v) is 4.01. The number of hydrogen-bond acceptors (Lipinski definition) is 5. The molecule has 0 aromatic carbocycles. The standard InChI is InChI=1S/C15H23ClN4O/c16-14-12-17-20-18-15(14)21-19-13-10-8-6-4-2-1-3-5-7-9-11-13/h12H,1-11H2. The van der Waals surface area contributed by atoms with Crippen molar-refractivity contribution in [1.29, 1.82) is 0 Å². The fourth-order valence-corrected chi connectivity index (χ4v) is 2.64. The maximum Gasteiger partial charge on any atom is 0.289 e. The second-order valence-electron chi connectivity index (χ2n) is 5.52. The van der Waals surface area contributed by atoms with Gasteiger partial charge in [0.25, 0.3) is 5.88 Å². The summed E-state index contributed by atoms with van der Waals surface area (Å²) in [7, 11) is 0. The zero-order valence-electron chi connectivity index (χ0n) is 12.4. The van der Waals surface area contributed by atoms with Gasteiger partial charge < -0.3 is 4.84 Å². The van der Waals surface area contributed by atoms with E-state index in [0.29, 0.717) is 5.02 Å². The molecule has 0 radical (unpaired) electrons. The van der Waals surface area contributed by atoms with Crippen LogP contribution in [0.25, 0.3) is 0 Å². The van der Waals surface area contributed by atoms with Gasteiger partial charge in [-0.3, -0.25) is 0 Å². The van der Waals surface area contributed by atoms with Crippen LogP contribution in [0, 0.1) is 0 Å². The highest BCUT2D eigenvalue weighted by Crippen LogP contribution is 2.19. The lowest BCUT2D eigenvalue weighted by atomic mass is 10.00. The Morgan fingerprint density at radius 3 is 2.05 bits per heavy atom. The van der Waals surface area contributed by atoms with E-state index in [9.17, 15) is 0 Å². The second-order valence-corrected chi connectivity index (χ2v) is 5.93. The Labute approximate surface area is 131 Å². The predicted octanol–water partition coefficient (Wildman–Crippen LogP) is 4.56. The van der Waals surface area contributed by atoms with Crippen molar-refractivity contribution in [2.45, 2.75) is 70.6 Å². The van der Waals surface area contributed by atoms with Crippen molar-refractivity contribution in [2.75, 3.05) is 0 Å². The van der Waals surface area contributed by atoms with Gasteiger partial charge in [-0.1, -0.05) is 66.8 Å². The van der Waals surface area contributed by atoms with Gasteiger partial charge in [0.05, 0.1) is 11.9 Å². The fourth-order valence-electron chi connectivity index (χ4n) is 2.53. The largest absolute Gasteiger partial charge is 0.333 e. The van der Waals surface area contributed by atoms with Gasteiger partial charge in [-0.2, -0.15) is 0 Å². The number of nitrogens with zero attached hydrogens (tertiary/aromatic N) is 4. The van der Waals surface area contributed by atoms with Crippen LogP contribution in [0.1, 0.15) is 70.6 Å². The predicted molar refractivity (Wildman–Crippen MR) is 83.7 cm³/mol. The van der Waals surface area contributed by atoms with Gasteiger partial charge in [-0.15, -0.1) is 5.10 Å². The average molecular weight is 311 g/mol. The molecule has 0 unspecified atom stereocenters. The first-order valence-electron chi connectivity index (χ1n) is 7.93. The molecule has 0 N–H and O–H groups in total. The van der Waals surface area contributed by atoms with E-state index in [-0.39, 0.29) is 5.88 Å². The van der Waals surface area contributed by atoms with E-state index in [0.717, 1.165) is 18.6 Å². The minimum Gasteiger partial charge on any atom is -0.333 e. The molecule has 1 aromatic heterocycles. The molecule has 1 aromatic rings. The number of halogens is 1. The van der Waals surface area contributed by atoms with Crippen molar-refractivity contribution in [2.24, 2.45) is 5.16 Å². The van der Waals surface area contributed by atoms with Crippen LogP contribution in [0.2, 0.25) is 5.02 Å². The molecule has 1 aliphatic carbocycles. The summed E-state index contributed by atoms with van der Waals surface area (Å²) in [5, 5.41) is 15.4. The van der Waals surface area contributed by atoms with Crippen molar-refractivity contribution in [3.63, 3.8) is 0 Å². The summed E-state index contributed by atoms with van der Waals surface area (Å²) >= 11 is 5.93. The van der Waals surface area contributed by atoms with Crippen LogP contribution in [0.4, 0.5) is 0 Å². The quantitative estimate of drug-likeness (QED) is 0.751. The first-order chi connectivity index (χ1) is 10.4. The van der Waals surface area contributed by atoms with Crippen LogP contribution < -0.4 is 4.84 Å². The van der Waals surface area contributed by atoms with E-state index < -0.39 is 0 Å². The minimum absolute atomic E-state index is 0.227. The Kier molecular flexibility index (Phi) is 7.43. The monoisotopic (exact) mass is 310 g/mol. The Morgan fingerprint density at radius 2 is 1.48 bits per heavy atom. The van der Waals surface area contributed by atoms with E-state index in [1.54, 1.807) is 0 Å². The lowest BCUT2D eigenvalue weighted by Crippen LogP contribution is -2.03. The molecule has 1 fully saturated rings. The Bertz CT molecular complexity index is 439. The van der Waals surface area contributed by atoms with Gasteiger partial charge in [-0.25, -0.2) is 0 Å². The maximum atomic E-state index is 5.93. The molecule has 116 valence electrons. The molecular weight excluding hydrogens is 288 g/mol. The van der Waals surface area contributed by atoms with E-state index in [1.165, 1.54) is 64.0 Å². The molecule has 0 spiro atoms. The molecule has 0 bridgehead atoms. The van der Waals surface area contributed by atoms with E-state index >= 15 is 0 Å². The Hall–Kier alpha value is -1.23. The molecule has 0 amide bonds. The molecule has 2 rings (SSSR count). The summed E-state index contributed by atoms with van der Waals surface area (Å²) in [4.78, 5) is 5.34. The maximum absolute atomic E-state index is 5.93. The van der Waals surface area contributed by atoms with Crippen molar-refractivity contribution < 1.29 is 4.84 Å². The van der Waals surface area contributed by atoms with Crippen LogP contribution in [-0.4, -0.2) is 21.1 Å². The third kappa shape index (κ3) is 6.38. The zero-order chi connectivity index (χ0) is 14.8. The summed E-state index contributed by atoms with van der Waals surface area (Å²) < 4.78 is 0. The molecule has 0 saturated heterocycles. The number of oxime groups is 1. The van der Waals surface area contributed by atoms with Crippen molar-refractivity contribution >= 4 is 17.3 Å². The van der Waals surface area contributed by atoms with Gasteiger partial charge in [0.1, 0.15) is 5.02 Å². The normalized spacial score (nSPS) is 18.4. The number of hydrogen-bond donors (Lipinski definition) is 0. The first-order valence-corrected chi connectivity index (χ1v) is 8.30. The van der Waals surface area contributed by atoms with E-state index in [1.807, 2.05) is 0 Å². The molecule has 21 heavy (non-hydrogen) atoms. The number of rotatable bonds is 2. The lowest BCUT2D eigenvalue weighted by molar-refractivity contribution is 0.318. The van der Waals surface area contributed by atoms with Crippen molar-refractivity contribution in [3.05, 3.63) is 11.2 Å². The Morgan fingerprint density at radius 1 is 0.905 bits per heavy atom. The van der Waals surface area contributed by atoms with E-state index in [2.05, 4.69) is 20.6 Å². The molecule has 1 aliphatic rings. The van der Waals surface area contributed by atoms with Crippen LogP contribution in [0.15, 0.2) is 11.4 Å². The van der Waals surface area contributed by atoms with Crippen LogP contribution in [-0.2, 0) is 0 Å². The van der Waals surface area contributed by atoms with Crippen molar-refractivity contribution in [1.82, 2.24) is 15.4 Å². The average Bonchev–Trinajstić information content (AvgIpc) is 2.48. The highest BCUT2D eigenvalue weighted by molar-refractivity contribution is 6.31. The van der Waals surface area contributed by atoms with Gasteiger partial charge in [0.15, 0.2) is 0 Å². The topological polar surface area (TPSA) is 60.3 Å². The highest BCUT2D eigenvalue weighted by Gasteiger charge is 2.07. The van der Waals surface area contributed by atoms with Crippen LogP contribution in [0.5, 0.6) is 5.88 Å². The van der Waals surface area contributed by atoms with Gasteiger partial charge in [0, 0.05) is 0 Å². The molecule has 1 heterocycles. The minimum atomic E-state index is 0.227. The summed E-state index contributed by atoms with van der Waals surface area (Å²) in [6.07, 6.45) is 15.1. The summed E-state index contributed by atoms with van der Waals surface area (Å²) in [5.41, 5.74) is 1.10. The summed E-state index contributed by atoms with van der Waals surface area (Å²) in [5.74, 6) is 0.227. The van der Waals surface area contributed by atoms with Gasteiger partial charge in [-0.05, 0) is 30.9 Å². The molecule has 6 heteroatoms. The summed E-state index contributed by atoms with van der Waals surface area (Å²) in [6.45, 7) is 0. The molecule has 5 nitrogen and oxygen atoms in total. The van der Waals surface area contributed by atoms with E-state index in [4.69, 9.17) is 16.4 Å². The highest BCUT2D eigenvalue weighted by atomic mass is 35.5. The lowest BCUT2D eigenvalue weighted by Gasteiger charge is -2.09. The molecule has 0 aliphatic heterocycles. The first kappa shape index (κ1) is 16.1. The second kappa shape index (κ2) is 9.66. The number of aromatic nitrogens is 3. The van der Waals surface area contributed by atoms with Crippen molar-refractivity contribution in [3.8, 4) is 5.88 Å². The SMILES string of the molecule is Clc1cnnnc1ON=C1CCCCCCCCCCC1. The third-order valence-electron chi connectivity index (χ3n) is 3.75. The smallest absolute Gasteiger partial charge is 0.289 e. The molecule has 1 saturated carbocycles. The fraction of sp³-hybridized carbons (Fsp3) is 0.733. The zero-order valence-corrected chi connectivity index (χ0v) is 13.2. The van der Waals surface area contributed by atoms with Gasteiger partial charge >= 0.3 is 0 Å². The van der Waals surface area contributed by atoms with Crippen LogP contribution >= 0.6 is 11.6 Å². The molecular formula is C15H23ClN4O.